The lowest BCUT2D eigenvalue weighted by Gasteiger charge is -2.07. The zero-order valence-electron chi connectivity index (χ0n) is 9.41. The van der Waals surface area contributed by atoms with Gasteiger partial charge in [-0.25, -0.2) is 4.39 Å². The van der Waals surface area contributed by atoms with Crippen molar-refractivity contribution in [3.63, 3.8) is 0 Å². The average Bonchev–Trinajstić information content (AvgIpc) is 2.63. The second-order valence-corrected chi connectivity index (χ2v) is 3.89. The molecule has 5 nitrogen and oxygen atoms in total. The predicted octanol–water partition coefficient (Wildman–Crippen LogP) is 0.495. The Morgan fingerprint density at radius 3 is 2.88 bits per heavy atom. The number of aliphatic hydroxyl groups excluding tert-OH is 1. The Balaban J connectivity index is 1.95. The maximum atomic E-state index is 12.9. The van der Waals surface area contributed by atoms with E-state index in [0.717, 1.165) is 5.56 Å². The second kappa shape index (κ2) is 5.01. The molecule has 6 heteroatoms. The lowest BCUT2D eigenvalue weighted by atomic mass is 10.1. The van der Waals surface area contributed by atoms with Crippen molar-refractivity contribution in [2.24, 2.45) is 7.05 Å². The van der Waals surface area contributed by atoms with E-state index in [-0.39, 0.29) is 5.82 Å². The second-order valence-electron chi connectivity index (χ2n) is 3.89. The molecule has 1 unspecified atom stereocenters. The smallest absolute Gasteiger partial charge is 0.177 e. The van der Waals surface area contributed by atoms with Gasteiger partial charge in [0.25, 0.3) is 0 Å². The van der Waals surface area contributed by atoms with Crippen LogP contribution in [0.4, 0.5) is 4.39 Å². The lowest BCUT2D eigenvalue weighted by Crippen LogP contribution is -2.15. The van der Waals surface area contributed by atoms with Crippen molar-refractivity contribution in [3.8, 4) is 0 Å². The molecule has 0 aliphatic rings. The van der Waals surface area contributed by atoms with Crippen molar-refractivity contribution in [1.29, 1.82) is 0 Å². The van der Waals surface area contributed by atoms with Gasteiger partial charge in [0.15, 0.2) is 5.82 Å². The number of rotatable bonds is 4. The van der Waals surface area contributed by atoms with Crippen LogP contribution in [-0.4, -0.2) is 31.4 Å². The van der Waals surface area contributed by atoms with Gasteiger partial charge in [-0.2, -0.15) is 4.80 Å². The molecule has 17 heavy (non-hydrogen) atoms. The lowest BCUT2D eigenvalue weighted by molar-refractivity contribution is 0.172. The molecule has 2 rings (SSSR count). The monoisotopic (exact) mass is 236 g/mol. The fourth-order valence-corrected chi connectivity index (χ4v) is 1.62. The van der Waals surface area contributed by atoms with Gasteiger partial charge in [0.1, 0.15) is 5.82 Å². The van der Waals surface area contributed by atoms with Gasteiger partial charge in [-0.1, -0.05) is 12.1 Å². The molecular weight excluding hydrogens is 223 g/mol. The van der Waals surface area contributed by atoms with Crippen LogP contribution in [0.5, 0.6) is 0 Å². The van der Waals surface area contributed by atoms with Crippen LogP contribution in [0.2, 0.25) is 0 Å². The van der Waals surface area contributed by atoms with Crippen molar-refractivity contribution in [2.75, 3.05) is 0 Å². The van der Waals surface area contributed by atoms with Gasteiger partial charge in [0.05, 0.1) is 13.2 Å². The van der Waals surface area contributed by atoms with E-state index in [1.807, 2.05) is 0 Å². The van der Waals surface area contributed by atoms with Gasteiger partial charge in [-0.05, 0) is 29.3 Å². The summed E-state index contributed by atoms with van der Waals surface area (Å²) in [6.45, 7) is 0. The highest BCUT2D eigenvalue weighted by molar-refractivity contribution is 5.17. The third kappa shape index (κ3) is 3.32. The van der Waals surface area contributed by atoms with E-state index in [2.05, 4.69) is 15.4 Å². The minimum Gasteiger partial charge on any atom is -0.392 e. The molecule has 0 saturated carbocycles. The standard InChI is InChI=1S/C11H13FN4O/c1-16-14-11(13-15-16)7-10(17)6-8-3-2-4-9(12)5-8/h2-5,10,17H,6-7H2,1H3. The van der Waals surface area contributed by atoms with E-state index < -0.39 is 6.10 Å². The van der Waals surface area contributed by atoms with E-state index >= 15 is 0 Å². The van der Waals surface area contributed by atoms with Crippen LogP contribution >= 0.6 is 0 Å². The van der Waals surface area contributed by atoms with Gasteiger partial charge >= 0.3 is 0 Å². The van der Waals surface area contributed by atoms with Gasteiger partial charge in [0.2, 0.25) is 0 Å². The van der Waals surface area contributed by atoms with Crippen LogP contribution in [-0.2, 0) is 19.9 Å². The quantitative estimate of drug-likeness (QED) is 0.839. The highest BCUT2D eigenvalue weighted by atomic mass is 19.1. The fourth-order valence-electron chi connectivity index (χ4n) is 1.62. The Morgan fingerprint density at radius 1 is 1.41 bits per heavy atom. The van der Waals surface area contributed by atoms with E-state index in [9.17, 15) is 9.50 Å². The van der Waals surface area contributed by atoms with E-state index in [4.69, 9.17) is 0 Å². The summed E-state index contributed by atoms with van der Waals surface area (Å²) >= 11 is 0. The molecule has 0 spiro atoms. The van der Waals surface area contributed by atoms with Crippen LogP contribution in [0.25, 0.3) is 0 Å². The molecule has 2 aromatic rings. The molecule has 1 aromatic carbocycles. The molecule has 1 N–H and O–H groups in total. The predicted molar refractivity (Wildman–Crippen MR) is 58.6 cm³/mol. The maximum Gasteiger partial charge on any atom is 0.177 e. The number of aromatic nitrogens is 4. The van der Waals surface area contributed by atoms with Crippen molar-refractivity contribution in [3.05, 3.63) is 41.5 Å². The van der Waals surface area contributed by atoms with Crippen molar-refractivity contribution >= 4 is 0 Å². The summed E-state index contributed by atoms with van der Waals surface area (Å²) in [5, 5.41) is 21.2. The summed E-state index contributed by atoms with van der Waals surface area (Å²) in [5.74, 6) is 0.184. The summed E-state index contributed by atoms with van der Waals surface area (Å²) in [7, 11) is 1.66. The van der Waals surface area contributed by atoms with Crippen LogP contribution in [0.1, 0.15) is 11.4 Å². The highest BCUT2D eigenvalue weighted by Gasteiger charge is 2.11. The van der Waals surface area contributed by atoms with Crippen LogP contribution < -0.4 is 0 Å². The van der Waals surface area contributed by atoms with Crippen molar-refractivity contribution in [1.82, 2.24) is 20.2 Å². The largest absolute Gasteiger partial charge is 0.392 e. The zero-order chi connectivity index (χ0) is 12.3. The molecule has 0 aliphatic carbocycles. The van der Waals surface area contributed by atoms with Gasteiger partial charge in [-0.3, -0.25) is 0 Å². The Kier molecular flexibility index (Phi) is 3.43. The maximum absolute atomic E-state index is 12.9. The number of aliphatic hydroxyl groups is 1. The van der Waals surface area contributed by atoms with E-state index in [1.165, 1.54) is 16.9 Å². The number of nitrogens with zero attached hydrogens (tertiary/aromatic N) is 4. The van der Waals surface area contributed by atoms with Crippen LogP contribution in [0.3, 0.4) is 0 Å². The first-order valence-corrected chi connectivity index (χ1v) is 5.29. The molecule has 0 saturated heterocycles. The first-order chi connectivity index (χ1) is 8.13. The highest BCUT2D eigenvalue weighted by Crippen LogP contribution is 2.08. The number of benzene rings is 1. The van der Waals surface area contributed by atoms with E-state index in [1.54, 1.807) is 19.2 Å². The Morgan fingerprint density at radius 2 is 2.24 bits per heavy atom. The molecule has 0 fully saturated rings. The Labute approximate surface area is 97.9 Å². The summed E-state index contributed by atoms with van der Waals surface area (Å²) in [6.07, 6.45) is 0.0430. The Hall–Kier alpha value is -1.82. The van der Waals surface area contributed by atoms with Gasteiger partial charge < -0.3 is 5.11 Å². The average molecular weight is 236 g/mol. The fraction of sp³-hybridized carbons (Fsp3) is 0.364. The molecule has 1 heterocycles. The topological polar surface area (TPSA) is 63.8 Å². The first-order valence-electron chi connectivity index (χ1n) is 5.29. The molecule has 1 aromatic heterocycles. The molecule has 0 amide bonds. The first kappa shape index (κ1) is 11.7. The summed E-state index contributed by atoms with van der Waals surface area (Å²) in [4.78, 5) is 1.34. The summed E-state index contributed by atoms with van der Waals surface area (Å²) < 4.78 is 12.9. The minimum atomic E-state index is -0.638. The molecule has 0 radical (unpaired) electrons. The van der Waals surface area contributed by atoms with E-state index in [0.29, 0.717) is 18.7 Å². The molecule has 1 atom stereocenters. The summed E-state index contributed by atoms with van der Waals surface area (Å²) in [5.41, 5.74) is 0.751. The van der Waals surface area contributed by atoms with Crippen LogP contribution in [0.15, 0.2) is 24.3 Å². The molecule has 0 bridgehead atoms. The van der Waals surface area contributed by atoms with Crippen molar-refractivity contribution < 1.29 is 9.50 Å². The molecular formula is C11H13FN4O. The van der Waals surface area contributed by atoms with Crippen molar-refractivity contribution in [2.45, 2.75) is 18.9 Å². The summed E-state index contributed by atoms with van der Waals surface area (Å²) in [6, 6.07) is 6.18. The number of tetrazole rings is 1. The number of hydrogen-bond acceptors (Lipinski definition) is 4. The number of aryl methyl sites for hydroxylation is 1. The third-order valence-electron chi connectivity index (χ3n) is 2.33. The number of halogens is 1. The van der Waals surface area contributed by atoms with Crippen LogP contribution in [0, 0.1) is 5.82 Å². The molecule has 0 aliphatic heterocycles. The minimum absolute atomic E-state index is 0.299. The SMILES string of the molecule is Cn1nnc(CC(O)Cc2cccc(F)c2)n1. The van der Waals surface area contributed by atoms with Gasteiger partial charge in [0, 0.05) is 6.42 Å². The Bertz CT molecular complexity index is 500. The van der Waals surface area contributed by atoms with Gasteiger partial charge in [-0.15, -0.1) is 10.2 Å². The number of hydrogen-bond donors (Lipinski definition) is 1. The third-order valence-corrected chi connectivity index (χ3v) is 2.33. The molecule has 90 valence electrons. The normalized spacial score (nSPS) is 12.6. The zero-order valence-corrected chi connectivity index (χ0v) is 9.41.